The minimum absolute atomic E-state index is 0.354. The summed E-state index contributed by atoms with van der Waals surface area (Å²) in [5.41, 5.74) is 11.1. The molecule has 4 heteroatoms. The van der Waals surface area contributed by atoms with E-state index in [1.807, 2.05) is 13.0 Å². The number of hydrogen-bond acceptors (Lipinski definition) is 4. The molecule has 0 spiro atoms. The largest absolute Gasteiger partial charge is 0.423 e. The van der Waals surface area contributed by atoms with E-state index in [4.69, 9.17) is 15.9 Å². The molecule has 0 unspecified atom stereocenters. The molecular weight excluding hydrogens is 192 g/mol. The summed E-state index contributed by atoms with van der Waals surface area (Å²) >= 11 is 0. The van der Waals surface area contributed by atoms with Gasteiger partial charge in [0.2, 0.25) is 0 Å². The lowest BCUT2D eigenvalue weighted by atomic mass is 10.2. The van der Waals surface area contributed by atoms with Crippen LogP contribution in [-0.2, 0) is 0 Å². The second-order valence-electron chi connectivity index (χ2n) is 2.96. The van der Waals surface area contributed by atoms with Crippen LogP contribution in [0.5, 0.6) is 0 Å². The minimum atomic E-state index is -0.354. The van der Waals surface area contributed by atoms with Crippen molar-refractivity contribution in [3.05, 3.63) is 40.8 Å². The Balaban J connectivity index is 0.000000337. The van der Waals surface area contributed by atoms with E-state index in [1.165, 1.54) is 6.07 Å². The fourth-order valence-electron chi connectivity index (χ4n) is 1.08. The van der Waals surface area contributed by atoms with E-state index in [1.54, 1.807) is 18.2 Å². The summed E-state index contributed by atoms with van der Waals surface area (Å²) in [5.74, 6) is 0. The van der Waals surface area contributed by atoms with Crippen LogP contribution in [0.4, 0.5) is 5.69 Å². The van der Waals surface area contributed by atoms with Crippen molar-refractivity contribution in [1.82, 2.24) is 0 Å². The molecule has 0 aliphatic carbocycles. The Hall–Kier alpha value is -1.81. The first-order valence-electron chi connectivity index (χ1n) is 4.67. The van der Waals surface area contributed by atoms with E-state index in [9.17, 15) is 4.79 Å². The first-order valence-corrected chi connectivity index (χ1v) is 4.67. The Bertz CT molecular complexity index is 491. The first kappa shape index (κ1) is 11.3. The van der Waals surface area contributed by atoms with Crippen molar-refractivity contribution in [3.8, 4) is 0 Å². The Morgan fingerprint density at radius 1 is 1.27 bits per heavy atom. The summed E-state index contributed by atoms with van der Waals surface area (Å²) in [6.07, 6.45) is 0. The maximum absolute atomic E-state index is 10.8. The number of hydrogen-bond donors (Lipinski definition) is 2. The molecule has 2 rings (SSSR count). The summed E-state index contributed by atoms with van der Waals surface area (Å²) in [5, 5.41) is 0.879. The highest BCUT2D eigenvalue weighted by Gasteiger charge is 1.95. The van der Waals surface area contributed by atoms with E-state index < -0.39 is 0 Å². The lowest BCUT2D eigenvalue weighted by Gasteiger charge is -1.95. The lowest BCUT2D eigenvalue weighted by molar-refractivity contribution is 0.561. The van der Waals surface area contributed by atoms with Gasteiger partial charge in [-0.3, -0.25) is 0 Å². The molecule has 1 aromatic carbocycles. The average molecular weight is 206 g/mol. The third-order valence-electron chi connectivity index (χ3n) is 1.65. The smallest absolute Gasteiger partial charge is 0.336 e. The number of fused-ring (bicyclic) bond motifs is 1. The highest BCUT2D eigenvalue weighted by Crippen LogP contribution is 2.14. The van der Waals surface area contributed by atoms with Crippen LogP contribution in [0.15, 0.2) is 39.5 Å². The van der Waals surface area contributed by atoms with Gasteiger partial charge < -0.3 is 15.9 Å². The van der Waals surface area contributed by atoms with Gasteiger partial charge >= 0.3 is 5.63 Å². The van der Waals surface area contributed by atoms with Crippen LogP contribution >= 0.6 is 0 Å². The summed E-state index contributed by atoms with van der Waals surface area (Å²) in [6.45, 7) is 2.65. The van der Waals surface area contributed by atoms with Gasteiger partial charge in [0.25, 0.3) is 0 Å². The zero-order valence-electron chi connectivity index (χ0n) is 8.57. The van der Waals surface area contributed by atoms with Crippen LogP contribution in [-0.4, -0.2) is 6.54 Å². The standard InChI is InChI=1S/C9H7NO2.C2H7N/c10-7-3-1-6-2-4-9(11)12-8(6)5-7;1-2-3/h1-5H,10H2;2-3H2,1H3. The van der Waals surface area contributed by atoms with Crippen molar-refractivity contribution in [2.45, 2.75) is 6.92 Å². The van der Waals surface area contributed by atoms with Crippen LogP contribution in [0.1, 0.15) is 6.92 Å². The number of nitrogen functional groups attached to an aromatic ring is 1. The molecule has 0 saturated carbocycles. The Kier molecular flexibility index (Phi) is 3.88. The van der Waals surface area contributed by atoms with Crippen molar-refractivity contribution < 1.29 is 4.42 Å². The molecule has 0 amide bonds. The fraction of sp³-hybridized carbons (Fsp3) is 0.182. The van der Waals surface area contributed by atoms with E-state index in [0.717, 1.165) is 11.9 Å². The molecule has 4 N–H and O–H groups in total. The van der Waals surface area contributed by atoms with Gasteiger partial charge in [-0.05, 0) is 24.7 Å². The fourth-order valence-corrected chi connectivity index (χ4v) is 1.08. The van der Waals surface area contributed by atoms with Gasteiger partial charge in [0, 0.05) is 23.2 Å². The van der Waals surface area contributed by atoms with Crippen LogP contribution in [0.25, 0.3) is 11.0 Å². The molecule has 0 saturated heterocycles. The molecule has 80 valence electrons. The SMILES string of the molecule is CCN.Nc1ccc2ccc(=O)oc2c1. The normalized spacial score (nSPS) is 9.47. The van der Waals surface area contributed by atoms with Gasteiger partial charge in [0.1, 0.15) is 5.58 Å². The maximum atomic E-state index is 10.8. The van der Waals surface area contributed by atoms with Crippen LogP contribution in [0.2, 0.25) is 0 Å². The zero-order valence-corrected chi connectivity index (χ0v) is 8.57. The average Bonchev–Trinajstić information content (AvgIpc) is 2.18. The van der Waals surface area contributed by atoms with Crippen molar-refractivity contribution in [2.24, 2.45) is 5.73 Å². The van der Waals surface area contributed by atoms with Gasteiger partial charge in [-0.15, -0.1) is 0 Å². The third-order valence-corrected chi connectivity index (χ3v) is 1.65. The monoisotopic (exact) mass is 206 g/mol. The maximum Gasteiger partial charge on any atom is 0.336 e. The quantitative estimate of drug-likeness (QED) is 0.503. The van der Waals surface area contributed by atoms with E-state index in [2.05, 4.69) is 0 Å². The number of benzene rings is 1. The molecule has 4 nitrogen and oxygen atoms in total. The van der Waals surface area contributed by atoms with Gasteiger partial charge in [-0.25, -0.2) is 4.79 Å². The van der Waals surface area contributed by atoms with Gasteiger partial charge in [-0.2, -0.15) is 0 Å². The molecule has 1 heterocycles. The topological polar surface area (TPSA) is 82.2 Å². The number of nitrogens with two attached hydrogens (primary N) is 2. The van der Waals surface area contributed by atoms with E-state index in [-0.39, 0.29) is 5.63 Å². The molecule has 1 aromatic heterocycles. The zero-order chi connectivity index (χ0) is 11.3. The molecule has 0 atom stereocenters. The van der Waals surface area contributed by atoms with Gasteiger partial charge in [0.15, 0.2) is 0 Å². The summed E-state index contributed by atoms with van der Waals surface area (Å²) in [7, 11) is 0. The summed E-state index contributed by atoms with van der Waals surface area (Å²) in [6, 6.07) is 8.31. The van der Waals surface area contributed by atoms with Crippen LogP contribution < -0.4 is 17.1 Å². The van der Waals surface area contributed by atoms with Crippen molar-refractivity contribution in [1.29, 1.82) is 0 Å². The van der Waals surface area contributed by atoms with Crippen LogP contribution in [0.3, 0.4) is 0 Å². The molecule has 0 fully saturated rings. The van der Waals surface area contributed by atoms with Crippen molar-refractivity contribution in [3.63, 3.8) is 0 Å². The Morgan fingerprint density at radius 3 is 2.53 bits per heavy atom. The van der Waals surface area contributed by atoms with Crippen LogP contribution in [0, 0.1) is 0 Å². The van der Waals surface area contributed by atoms with Crippen molar-refractivity contribution >= 4 is 16.7 Å². The molecule has 2 aromatic rings. The summed E-state index contributed by atoms with van der Waals surface area (Å²) < 4.78 is 4.91. The van der Waals surface area contributed by atoms with E-state index >= 15 is 0 Å². The Morgan fingerprint density at radius 2 is 1.87 bits per heavy atom. The molecule has 0 aliphatic rings. The second-order valence-corrected chi connectivity index (χ2v) is 2.96. The number of anilines is 1. The van der Waals surface area contributed by atoms with E-state index in [0.29, 0.717) is 11.3 Å². The minimum Gasteiger partial charge on any atom is -0.423 e. The first-order chi connectivity index (χ1) is 7.17. The lowest BCUT2D eigenvalue weighted by Crippen LogP contribution is -1.94. The highest BCUT2D eigenvalue weighted by molar-refractivity contribution is 5.79. The molecule has 0 radical (unpaired) electrons. The molecule has 0 aliphatic heterocycles. The Labute approximate surface area is 87.5 Å². The second kappa shape index (κ2) is 5.17. The van der Waals surface area contributed by atoms with Gasteiger partial charge in [0.05, 0.1) is 0 Å². The molecule has 0 bridgehead atoms. The molecule has 15 heavy (non-hydrogen) atoms. The van der Waals surface area contributed by atoms with Crippen molar-refractivity contribution in [2.75, 3.05) is 12.3 Å². The predicted molar refractivity (Wildman–Crippen MR) is 61.6 cm³/mol. The van der Waals surface area contributed by atoms with Gasteiger partial charge in [-0.1, -0.05) is 6.92 Å². The highest BCUT2D eigenvalue weighted by atomic mass is 16.4. The predicted octanol–water partition coefficient (Wildman–Crippen LogP) is 1.34. The molecular formula is C11H14N2O2. The third kappa shape index (κ3) is 3.11. The number of rotatable bonds is 0. The summed E-state index contributed by atoms with van der Waals surface area (Å²) in [4.78, 5) is 10.8.